The van der Waals surface area contributed by atoms with Crippen molar-refractivity contribution in [1.29, 1.82) is 5.26 Å². The largest absolute Gasteiger partial charge is 0.493 e. The number of nitriles is 1. The van der Waals surface area contributed by atoms with E-state index in [-0.39, 0.29) is 6.09 Å². The van der Waals surface area contributed by atoms with Gasteiger partial charge in [-0.25, -0.2) is 4.79 Å². The van der Waals surface area contributed by atoms with Gasteiger partial charge in [0.1, 0.15) is 17.4 Å². The lowest BCUT2D eigenvalue weighted by Crippen LogP contribution is -2.50. The van der Waals surface area contributed by atoms with Crippen molar-refractivity contribution in [2.75, 3.05) is 57.3 Å². The summed E-state index contributed by atoms with van der Waals surface area (Å²) in [5, 5.41) is 9.66. The molecule has 2 fully saturated rings. The zero-order valence-corrected chi connectivity index (χ0v) is 19.2. The van der Waals surface area contributed by atoms with Gasteiger partial charge in [-0.1, -0.05) is 6.42 Å². The molecule has 1 amide bonds. The van der Waals surface area contributed by atoms with Crippen molar-refractivity contribution >= 4 is 11.8 Å². The number of piperazine rings is 1. The predicted octanol–water partition coefficient (Wildman–Crippen LogP) is 3.87. The topological polar surface area (TPSA) is 69.0 Å². The van der Waals surface area contributed by atoms with E-state index in [4.69, 9.17) is 9.47 Å². The number of hydrogen-bond donors (Lipinski definition) is 0. The van der Waals surface area contributed by atoms with Crippen LogP contribution in [-0.2, 0) is 4.74 Å². The van der Waals surface area contributed by atoms with Gasteiger partial charge in [-0.05, 0) is 71.3 Å². The van der Waals surface area contributed by atoms with E-state index >= 15 is 0 Å². The molecule has 31 heavy (non-hydrogen) atoms. The molecular formula is C24H36N4O3. The molecule has 0 spiro atoms. The third kappa shape index (κ3) is 7.03. The van der Waals surface area contributed by atoms with Crippen molar-refractivity contribution in [3.05, 3.63) is 23.8 Å². The Morgan fingerprint density at radius 2 is 1.77 bits per heavy atom. The first kappa shape index (κ1) is 23.2. The Morgan fingerprint density at radius 1 is 1.06 bits per heavy atom. The van der Waals surface area contributed by atoms with E-state index in [2.05, 4.69) is 15.9 Å². The summed E-state index contributed by atoms with van der Waals surface area (Å²) in [7, 11) is 0. The Hall–Kier alpha value is -2.46. The molecule has 0 atom stereocenters. The van der Waals surface area contributed by atoms with E-state index in [1.165, 1.54) is 32.4 Å². The van der Waals surface area contributed by atoms with Gasteiger partial charge in [0.05, 0.1) is 17.9 Å². The molecule has 2 saturated heterocycles. The quantitative estimate of drug-likeness (QED) is 0.641. The Morgan fingerprint density at radius 3 is 2.42 bits per heavy atom. The summed E-state index contributed by atoms with van der Waals surface area (Å²) in [4.78, 5) is 18.7. The number of piperidine rings is 1. The van der Waals surface area contributed by atoms with Crippen molar-refractivity contribution < 1.29 is 14.3 Å². The summed E-state index contributed by atoms with van der Waals surface area (Å²) < 4.78 is 11.4. The highest BCUT2D eigenvalue weighted by atomic mass is 16.6. The lowest BCUT2D eigenvalue weighted by Gasteiger charge is -2.37. The van der Waals surface area contributed by atoms with E-state index < -0.39 is 5.60 Å². The molecule has 0 aromatic heterocycles. The molecule has 7 heteroatoms. The fourth-order valence-electron chi connectivity index (χ4n) is 4.09. The van der Waals surface area contributed by atoms with Crippen LogP contribution < -0.4 is 9.64 Å². The SMILES string of the molecule is CC(C)(C)OC(=O)N1CCN(c2ccc(OCCCN3CCCCC3)cc2C#N)CC1. The standard InChI is InChI=1S/C24H36N4O3/c1-24(2,3)31-23(29)28-15-13-27(14-16-28)22-9-8-21(18-20(22)19-25)30-17-7-12-26-10-5-4-6-11-26/h8-9,18H,4-7,10-17H2,1-3H3. The van der Waals surface area contributed by atoms with Crippen LogP contribution in [-0.4, -0.2) is 73.9 Å². The van der Waals surface area contributed by atoms with Crippen LogP contribution in [0.1, 0.15) is 52.0 Å². The second-order valence-corrected chi connectivity index (χ2v) is 9.35. The molecule has 7 nitrogen and oxygen atoms in total. The third-order valence-electron chi connectivity index (χ3n) is 5.70. The first-order chi connectivity index (χ1) is 14.9. The molecule has 170 valence electrons. The molecule has 0 saturated carbocycles. The number of hydrogen-bond acceptors (Lipinski definition) is 6. The van der Waals surface area contributed by atoms with Crippen molar-refractivity contribution in [3.8, 4) is 11.8 Å². The number of carbonyl (C=O) groups is 1. The Labute approximate surface area is 186 Å². The highest BCUT2D eigenvalue weighted by Gasteiger charge is 2.26. The number of amides is 1. The van der Waals surface area contributed by atoms with E-state index in [0.29, 0.717) is 38.3 Å². The number of anilines is 1. The lowest BCUT2D eigenvalue weighted by atomic mass is 10.1. The van der Waals surface area contributed by atoms with E-state index in [1.807, 2.05) is 39.0 Å². The molecule has 0 aliphatic carbocycles. The van der Waals surface area contributed by atoms with Crippen LogP contribution >= 0.6 is 0 Å². The van der Waals surface area contributed by atoms with Gasteiger partial charge in [0.2, 0.25) is 0 Å². The molecule has 0 unspecified atom stereocenters. The number of ether oxygens (including phenoxy) is 2. The van der Waals surface area contributed by atoms with Gasteiger partial charge in [-0.2, -0.15) is 5.26 Å². The van der Waals surface area contributed by atoms with Crippen molar-refractivity contribution in [1.82, 2.24) is 9.80 Å². The number of likely N-dealkylation sites (tertiary alicyclic amines) is 1. The molecule has 2 aliphatic rings. The minimum absolute atomic E-state index is 0.277. The molecule has 0 bridgehead atoms. The highest BCUT2D eigenvalue weighted by Crippen LogP contribution is 2.26. The van der Waals surface area contributed by atoms with Crippen LogP contribution in [0.2, 0.25) is 0 Å². The van der Waals surface area contributed by atoms with Gasteiger partial charge in [0.25, 0.3) is 0 Å². The molecule has 0 radical (unpaired) electrons. The van der Waals surface area contributed by atoms with Crippen molar-refractivity contribution in [3.63, 3.8) is 0 Å². The first-order valence-electron chi connectivity index (χ1n) is 11.5. The molecule has 1 aromatic carbocycles. The number of rotatable bonds is 6. The summed E-state index contributed by atoms with van der Waals surface area (Å²) in [5.74, 6) is 0.742. The molecule has 0 N–H and O–H groups in total. The van der Waals surface area contributed by atoms with Gasteiger partial charge in [0.15, 0.2) is 0 Å². The zero-order valence-electron chi connectivity index (χ0n) is 19.2. The van der Waals surface area contributed by atoms with Crippen molar-refractivity contribution in [2.24, 2.45) is 0 Å². The monoisotopic (exact) mass is 428 g/mol. The average molecular weight is 429 g/mol. The van der Waals surface area contributed by atoms with Gasteiger partial charge < -0.3 is 24.2 Å². The van der Waals surface area contributed by atoms with Gasteiger partial charge in [-0.3, -0.25) is 0 Å². The summed E-state index contributed by atoms with van der Waals surface area (Å²) >= 11 is 0. The lowest BCUT2D eigenvalue weighted by molar-refractivity contribution is 0.0240. The summed E-state index contributed by atoms with van der Waals surface area (Å²) in [6.45, 7) is 12.3. The minimum atomic E-state index is -0.494. The normalized spacial score (nSPS) is 17.9. The highest BCUT2D eigenvalue weighted by molar-refractivity contribution is 5.69. The van der Waals surface area contributed by atoms with E-state index in [0.717, 1.165) is 24.4 Å². The molecular weight excluding hydrogens is 392 g/mol. The second kappa shape index (κ2) is 10.7. The fraction of sp³-hybridized carbons (Fsp3) is 0.667. The van der Waals surface area contributed by atoms with Crippen LogP contribution in [0, 0.1) is 11.3 Å². The van der Waals surface area contributed by atoms with Crippen LogP contribution in [0.3, 0.4) is 0 Å². The smallest absolute Gasteiger partial charge is 0.410 e. The summed E-state index contributed by atoms with van der Waals surface area (Å²) in [5.41, 5.74) is 1.01. The molecule has 2 heterocycles. The average Bonchev–Trinajstić information content (AvgIpc) is 2.76. The predicted molar refractivity (Wildman–Crippen MR) is 122 cm³/mol. The number of nitrogens with zero attached hydrogens (tertiary/aromatic N) is 4. The third-order valence-corrected chi connectivity index (χ3v) is 5.70. The first-order valence-corrected chi connectivity index (χ1v) is 11.5. The minimum Gasteiger partial charge on any atom is -0.493 e. The zero-order chi connectivity index (χ0) is 22.3. The second-order valence-electron chi connectivity index (χ2n) is 9.35. The van der Waals surface area contributed by atoms with Gasteiger partial charge >= 0.3 is 6.09 Å². The Balaban J connectivity index is 1.48. The summed E-state index contributed by atoms with van der Waals surface area (Å²) in [6.07, 6.45) is 4.68. The summed E-state index contributed by atoms with van der Waals surface area (Å²) in [6, 6.07) is 8.04. The molecule has 3 rings (SSSR count). The molecule has 2 aliphatic heterocycles. The Bertz CT molecular complexity index is 770. The van der Waals surface area contributed by atoms with Crippen LogP contribution in [0.5, 0.6) is 5.75 Å². The Kier molecular flexibility index (Phi) is 8.03. The van der Waals surface area contributed by atoms with E-state index in [9.17, 15) is 10.1 Å². The van der Waals surface area contributed by atoms with Gasteiger partial charge in [0, 0.05) is 32.7 Å². The number of benzene rings is 1. The maximum absolute atomic E-state index is 12.3. The van der Waals surface area contributed by atoms with Crippen LogP contribution in [0.25, 0.3) is 0 Å². The maximum atomic E-state index is 12.3. The van der Waals surface area contributed by atoms with Gasteiger partial charge in [-0.15, -0.1) is 0 Å². The van der Waals surface area contributed by atoms with Crippen LogP contribution in [0.15, 0.2) is 18.2 Å². The maximum Gasteiger partial charge on any atom is 0.410 e. The molecule has 1 aromatic rings. The van der Waals surface area contributed by atoms with Crippen molar-refractivity contribution in [2.45, 2.75) is 52.1 Å². The van der Waals surface area contributed by atoms with E-state index in [1.54, 1.807) is 4.90 Å². The number of carbonyl (C=O) groups excluding carboxylic acids is 1. The van der Waals surface area contributed by atoms with Crippen LogP contribution in [0.4, 0.5) is 10.5 Å². The fourth-order valence-corrected chi connectivity index (χ4v) is 4.09.